The van der Waals surface area contributed by atoms with Crippen molar-refractivity contribution in [3.63, 3.8) is 0 Å². The third-order valence-corrected chi connectivity index (χ3v) is 7.28. The summed E-state index contributed by atoms with van der Waals surface area (Å²) in [6.45, 7) is 1.86. The van der Waals surface area contributed by atoms with E-state index in [2.05, 4.69) is 26.0 Å². The number of methoxy groups -OCH3 is 2. The van der Waals surface area contributed by atoms with Crippen LogP contribution in [0.3, 0.4) is 0 Å². The number of nitrogens with one attached hydrogen (secondary N) is 1. The molecule has 5 rings (SSSR count). The third kappa shape index (κ3) is 7.79. The number of aryl methyl sites for hydroxylation is 1. The second-order valence-electron chi connectivity index (χ2n) is 9.69. The largest absolute Gasteiger partial charge is 0.465 e. The minimum Gasteiger partial charge on any atom is -0.465 e. The van der Waals surface area contributed by atoms with Crippen molar-refractivity contribution >= 4 is 45.2 Å². The molecule has 7 nitrogen and oxygen atoms in total. The highest BCUT2D eigenvalue weighted by Crippen LogP contribution is 2.28. The SMILES string of the molecule is COC(=O)c1ccc(-c2ccccc2)cc1N.COC(=O)c1ccc(-c2ccccc2)cc1NC(=O)c1cc(Br)ccc1C. The number of anilines is 2. The van der Waals surface area contributed by atoms with Crippen LogP contribution >= 0.6 is 15.9 Å². The van der Waals surface area contributed by atoms with Crippen LogP contribution in [-0.2, 0) is 9.47 Å². The van der Waals surface area contributed by atoms with Gasteiger partial charge in [0.15, 0.2) is 0 Å². The van der Waals surface area contributed by atoms with Crippen LogP contribution in [0.2, 0.25) is 0 Å². The van der Waals surface area contributed by atoms with Crippen LogP contribution in [0.4, 0.5) is 11.4 Å². The first kappa shape index (κ1) is 31.7. The molecule has 5 aromatic carbocycles. The van der Waals surface area contributed by atoms with Gasteiger partial charge < -0.3 is 20.5 Å². The Balaban J connectivity index is 0.000000223. The number of hydrogen-bond donors (Lipinski definition) is 2. The normalized spacial score (nSPS) is 10.2. The van der Waals surface area contributed by atoms with Crippen molar-refractivity contribution in [2.45, 2.75) is 6.92 Å². The second kappa shape index (κ2) is 14.8. The number of nitrogen functional groups attached to an aromatic ring is 1. The van der Waals surface area contributed by atoms with E-state index in [4.69, 9.17) is 10.5 Å². The lowest BCUT2D eigenvalue weighted by molar-refractivity contribution is 0.0593. The fraction of sp³-hybridized carbons (Fsp3) is 0.0833. The molecule has 0 aliphatic heterocycles. The number of hydrogen-bond acceptors (Lipinski definition) is 6. The molecule has 1 amide bonds. The molecule has 0 aromatic heterocycles. The Bertz CT molecular complexity index is 1790. The number of rotatable bonds is 6. The average Bonchev–Trinajstić information content (AvgIpc) is 3.06. The van der Waals surface area contributed by atoms with Crippen LogP contribution in [0.25, 0.3) is 22.3 Å². The topological polar surface area (TPSA) is 108 Å². The first-order valence-electron chi connectivity index (χ1n) is 13.6. The maximum Gasteiger partial charge on any atom is 0.339 e. The Kier molecular flexibility index (Phi) is 10.7. The summed E-state index contributed by atoms with van der Waals surface area (Å²) in [5.41, 5.74) is 12.7. The highest BCUT2D eigenvalue weighted by molar-refractivity contribution is 9.10. The standard InChI is InChI=1S/C22H18BrNO3.C14H13NO2/c1-14-8-10-17(23)13-19(14)21(25)24-20-12-16(15-6-4-3-5-7-15)9-11-18(20)22(26)27-2;1-17-14(16)12-8-7-11(9-13(12)15)10-5-3-2-4-6-10/h3-13H,1-2H3,(H,24,25);2-9H,15H2,1H3. The monoisotopic (exact) mass is 650 g/mol. The molecule has 44 heavy (non-hydrogen) atoms. The molecule has 0 spiro atoms. The van der Waals surface area contributed by atoms with E-state index in [9.17, 15) is 14.4 Å². The summed E-state index contributed by atoms with van der Waals surface area (Å²) in [5, 5.41) is 2.86. The molecule has 0 aliphatic carbocycles. The molecule has 0 aliphatic rings. The highest BCUT2D eigenvalue weighted by atomic mass is 79.9. The lowest BCUT2D eigenvalue weighted by Crippen LogP contribution is -2.16. The molecule has 3 N–H and O–H groups in total. The van der Waals surface area contributed by atoms with Crippen molar-refractivity contribution in [3.8, 4) is 22.3 Å². The van der Waals surface area contributed by atoms with Gasteiger partial charge >= 0.3 is 11.9 Å². The summed E-state index contributed by atoms with van der Waals surface area (Å²) in [4.78, 5) is 36.3. The quantitative estimate of drug-likeness (QED) is 0.142. The molecule has 0 fully saturated rings. The fourth-order valence-corrected chi connectivity index (χ4v) is 4.80. The van der Waals surface area contributed by atoms with Gasteiger partial charge in [-0.1, -0.05) is 94.8 Å². The minimum absolute atomic E-state index is 0.288. The summed E-state index contributed by atoms with van der Waals surface area (Å²) < 4.78 is 10.3. The molecule has 0 unspecified atom stereocenters. The van der Waals surface area contributed by atoms with Crippen molar-refractivity contribution in [2.24, 2.45) is 0 Å². The summed E-state index contributed by atoms with van der Waals surface area (Å²) in [5.74, 6) is -1.21. The van der Waals surface area contributed by atoms with Gasteiger partial charge in [0.2, 0.25) is 0 Å². The number of carbonyl (C=O) groups is 3. The average molecular weight is 652 g/mol. The zero-order valence-electron chi connectivity index (χ0n) is 24.5. The van der Waals surface area contributed by atoms with Crippen LogP contribution < -0.4 is 11.1 Å². The second-order valence-corrected chi connectivity index (χ2v) is 10.6. The van der Waals surface area contributed by atoms with E-state index in [1.807, 2.05) is 91.9 Å². The number of benzene rings is 5. The van der Waals surface area contributed by atoms with Gasteiger partial charge in [-0.05, 0) is 71.1 Å². The van der Waals surface area contributed by atoms with Gasteiger partial charge in [-0.3, -0.25) is 4.79 Å². The van der Waals surface area contributed by atoms with Crippen molar-refractivity contribution < 1.29 is 23.9 Å². The molecule has 0 radical (unpaired) electrons. The summed E-state index contributed by atoms with van der Waals surface area (Å²) in [6, 6.07) is 35.7. The number of amides is 1. The van der Waals surface area contributed by atoms with Crippen LogP contribution in [-0.4, -0.2) is 32.1 Å². The molecular weight excluding hydrogens is 620 g/mol. The molecule has 8 heteroatoms. The van der Waals surface area contributed by atoms with Crippen molar-refractivity contribution in [3.05, 3.63) is 142 Å². The van der Waals surface area contributed by atoms with E-state index >= 15 is 0 Å². The third-order valence-electron chi connectivity index (χ3n) is 6.79. The van der Waals surface area contributed by atoms with E-state index in [0.29, 0.717) is 28.1 Å². The lowest BCUT2D eigenvalue weighted by Gasteiger charge is -2.13. The van der Waals surface area contributed by atoms with Gasteiger partial charge in [0.1, 0.15) is 0 Å². The van der Waals surface area contributed by atoms with Crippen molar-refractivity contribution in [1.82, 2.24) is 0 Å². The van der Waals surface area contributed by atoms with E-state index in [1.54, 1.807) is 30.3 Å². The van der Waals surface area contributed by atoms with E-state index in [0.717, 1.165) is 32.3 Å². The Labute approximate surface area is 264 Å². The predicted octanol–water partition coefficient (Wildman–Crippen LogP) is 8.19. The lowest BCUT2D eigenvalue weighted by atomic mass is 10.0. The molecule has 222 valence electrons. The van der Waals surface area contributed by atoms with Crippen molar-refractivity contribution in [2.75, 3.05) is 25.3 Å². The van der Waals surface area contributed by atoms with E-state index < -0.39 is 11.9 Å². The Morgan fingerprint density at radius 1 is 0.614 bits per heavy atom. The Morgan fingerprint density at radius 2 is 1.14 bits per heavy atom. The van der Waals surface area contributed by atoms with Gasteiger partial charge in [-0.25, -0.2) is 9.59 Å². The van der Waals surface area contributed by atoms with Crippen LogP contribution in [0.1, 0.15) is 36.6 Å². The number of nitrogens with two attached hydrogens (primary N) is 1. The summed E-state index contributed by atoms with van der Waals surface area (Å²) in [7, 11) is 2.66. The van der Waals surface area contributed by atoms with Crippen molar-refractivity contribution in [1.29, 1.82) is 0 Å². The van der Waals surface area contributed by atoms with Crippen LogP contribution in [0.5, 0.6) is 0 Å². The molecule has 0 heterocycles. The number of carbonyl (C=O) groups excluding carboxylic acids is 3. The molecule has 0 saturated carbocycles. The number of halogens is 1. The zero-order valence-corrected chi connectivity index (χ0v) is 26.1. The first-order chi connectivity index (χ1) is 21.2. The van der Waals surface area contributed by atoms with Gasteiger partial charge in [0, 0.05) is 15.7 Å². The molecule has 0 bridgehead atoms. The zero-order chi connectivity index (χ0) is 31.6. The maximum atomic E-state index is 12.8. The molecule has 0 saturated heterocycles. The Morgan fingerprint density at radius 3 is 1.68 bits per heavy atom. The molecule has 5 aromatic rings. The number of ether oxygens (including phenoxy) is 2. The van der Waals surface area contributed by atoms with E-state index in [1.165, 1.54) is 14.2 Å². The first-order valence-corrected chi connectivity index (χ1v) is 14.4. The van der Waals surface area contributed by atoms with Crippen LogP contribution in [0, 0.1) is 6.92 Å². The Hall–Kier alpha value is -5.21. The van der Waals surface area contributed by atoms with E-state index in [-0.39, 0.29) is 5.91 Å². The molecular formula is C36H31BrN2O5. The molecule has 0 atom stereocenters. The van der Waals surface area contributed by atoms with Crippen LogP contribution in [0.15, 0.2) is 120 Å². The summed E-state index contributed by atoms with van der Waals surface area (Å²) >= 11 is 3.39. The predicted molar refractivity (Wildman–Crippen MR) is 178 cm³/mol. The van der Waals surface area contributed by atoms with Gasteiger partial charge in [-0.15, -0.1) is 0 Å². The maximum absolute atomic E-state index is 12.8. The van der Waals surface area contributed by atoms with Gasteiger partial charge in [0.05, 0.1) is 31.0 Å². The highest BCUT2D eigenvalue weighted by Gasteiger charge is 2.17. The fourth-order valence-electron chi connectivity index (χ4n) is 4.44. The number of esters is 2. The van der Waals surface area contributed by atoms with Gasteiger partial charge in [-0.2, -0.15) is 0 Å². The van der Waals surface area contributed by atoms with Gasteiger partial charge in [0.25, 0.3) is 5.91 Å². The minimum atomic E-state index is -0.504. The smallest absolute Gasteiger partial charge is 0.339 e. The summed E-state index contributed by atoms with van der Waals surface area (Å²) in [6.07, 6.45) is 0.